The first-order valence-corrected chi connectivity index (χ1v) is 10.6. The van der Waals surface area contributed by atoms with E-state index >= 15 is 0 Å². The topological polar surface area (TPSA) is 82.2 Å². The second-order valence-corrected chi connectivity index (χ2v) is 8.19. The molecule has 2 amide bonds. The molecule has 1 fully saturated rings. The molecule has 0 radical (unpaired) electrons. The number of rotatable bonds is 3. The van der Waals surface area contributed by atoms with Gasteiger partial charge in [0.1, 0.15) is 0 Å². The summed E-state index contributed by atoms with van der Waals surface area (Å²) in [5, 5.41) is 8.02. The zero-order chi connectivity index (χ0) is 20.5. The minimum atomic E-state index is 0.0751. The van der Waals surface area contributed by atoms with Gasteiger partial charge < -0.3 is 9.80 Å². The molecule has 7 nitrogen and oxygen atoms in total. The molecule has 0 saturated carbocycles. The highest BCUT2D eigenvalue weighted by molar-refractivity contribution is 5.94. The smallest absolute Gasteiger partial charge is 0.253 e. The van der Waals surface area contributed by atoms with Crippen LogP contribution in [0.1, 0.15) is 46.3 Å². The van der Waals surface area contributed by atoms with Crippen molar-refractivity contribution < 1.29 is 9.59 Å². The van der Waals surface area contributed by atoms with Gasteiger partial charge in [-0.2, -0.15) is 5.10 Å². The van der Waals surface area contributed by atoms with Gasteiger partial charge in [-0.3, -0.25) is 14.7 Å². The molecule has 1 aromatic carbocycles. The number of aromatic nitrogens is 3. The van der Waals surface area contributed by atoms with Crippen molar-refractivity contribution in [1.29, 1.82) is 0 Å². The number of fused-ring (bicyclic) bond motifs is 3. The van der Waals surface area contributed by atoms with Crippen molar-refractivity contribution in [3.8, 4) is 0 Å². The summed E-state index contributed by atoms with van der Waals surface area (Å²) in [6.07, 6.45) is 8.08. The van der Waals surface area contributed by atoms with Crippen molar-refractivity contribution in [1.82, 2.24) is 25.0 Å². The van der Waals surface area contributed by atoms with Gasteiger partial charge in [-0.25, -0.2) is 4.98 Å². The summed E-state index contributed by atoms with van der Waals surface area (Å²) >= 11 is 0. The quantitative estimate of drug-likeness (QED) is 0.729. The summed E-state index contributed by atoms with van der Waals surface area (Å²) in [7, 11) is 0. The largest absolute Gasteiger partial charge is 0.339 e. The van der Waals surface area contributed by atoms with E-state index in [1.807, 2.05) is 46.5 Å². The lowest BCUT2D eigenvalue weighted by atomic mass is 9.98. The fraction of sp³-hybridized carbons (Fsp3) is 0.391. The fourth-order valence-electron chi connectivity index (χ4n) is 4.55. The Morgan fingerprint density at radius 3 is 2.77 bits per heavy atom. The number of nitrogens with zero attached hydrogens (tertiary/aromatic N) is 4. The Labute approximate surface area is 175 Å². The minimum Gasteiger partial charge on any atom is -0.339 e. The number of H-pyrrole nitrogens is 1. The van der Waals surface area contributed by atoms with E-state index in [1.165, 1.54) is 12.0 Å². The van der Waals surface area contributed by atoms with E-state index in [9.17, 15) is 9.59 Å². The standard InChI is InChI=1S/C23H25N5O2/c29-21(28-10-7-19-18(15-28)13-24-22-20(19)14-25-26-22)12-16-5-4-6-17(11-16)23(30)27-8-2-1-3-9-27/h4-6,11,13-14H,1-3,7-10,12,15H2,(H,24,25,26). The van der Waals surface area contributed by atoms with Crippen LogP contribution in [0.25, 0.3) is 11.0 Å². The zero-order valence-corrected chi connectivity index (χ0v) is 16.9. The van der Waals surface area contributed by atoms with Gasteiger partial charge in [0.25, 0.3) is 5.91 Å². The van der Waals surface area contributed by atoms with Gasteiger partial charge in [-0.05, 0) is 54.5 Å². The third-order valence-electron chi connectivity index (χ3n) is 6.20. The number of hydrogen-bond acceptors (Lipinski definition) is 4. The maximum atomic E-state index is 13.0. The molecule has 30 heavy (non-hydrogen) atoms. The number of amides is 2. The predicted octanol–water partition coefficient (Wildman–Crippen LogP) is 2.71. The van der Waals surface area contributed by atoms with Crippen molar-refractivity contribution in [2.45, 2.75) is 38.6 Å². The van der Waals surface area contributed by atoms with Gasteiger partial charge in [-0.1, -0.05) is 12.1 Å². The highest BCUT2D eigenvalue weighted by atomic mass is 16.2. The molecule has 7 heteroatoms. The Morgan fingerprint density at radius 2 is 1.90 bits per heavy atom. The molecule has 1 N–H and O–H groups in total. The first kappa shape index (κ1) is 18.8. The van der Waals surface area contributed by atoms with Crippen LogP contribution in [0.2, 0.25) is 0 Å². The lowest BCUT2D eigenvalue weighted by Crippen LogP contribution is -2.37. The Morgan fingerprint density at radius 1 is 1.03 bits per heavy atom. The molecule has 0 spiro atoms. The molecule has 0 atom stereocenters. The van der Waals surface area contributed by atoms with Crippen LogP contribution in [0.3, 0.4) is 0 Å². The van der Waals surface area contributed by atoms with E-state index in [1.54, 1.807) is 0 Å². The molecule has 2 aliphatic heterocycles. The monoisotopic (exact) mass is 403 g/mol. The first-order chi connectivity index (χ1) is 14.7. The maximum Gasteiger partial charge on any atom is 0.253 e. The molecule has 0 aliphatic carbocycles. The minimum absolute atomic E-state index is 0.0751. The normalized spacial score (nSPS) is 16.5. The number of carbonyl (C=O) groups is 2. The molecule has 2 aromatic heterocycles. The molecule has 5 rings (SSSR count). The zero-order valence-electron chi connectivity index (χ0n) is 16.9. The van der Waals surface area contributed by atoms with Crippen LogP contribution in [0.5, 0.6) is 0 Å². The molecule has 1 saturated heterocycles. The summed E-state index contributed by atoms with van der Waals surface area (Å²) in [6.45, 7) is 2.90. The van der Waals surface area contributed by atoms with Gasteiger partial charge in [0, 0.05) is 43.3 Å². The molecule has 0 unspecified atom stereocenters. The lowest BCUT2D eigenvalue weighted by Gasteiger charge is -2.29. The Balaban J connectivity index is 1.28. The summed E-state index contributed by atoms with van der Waals surface area (Å²) < 4.78 is 0. The van der Waals surface area contributed by atoms with Crippen molar-refractivity contribution in [2.24, 2.45) is 0 Å². The maximum absolute atomic E-state index is 13.0. The highest BCUT2D eigenvalue weighted by Gasteiger charge is 2.24. The van der Waals surface area contributed by atoms with E-state index in [2.05, 4.69) is 15.2 Å². The Hall–Kier alpha value is -3.22. The van der Waals surface area contributed by atoms with Crippen LogP contribution in [-0.2, 0) is 24.2 Å². The second-order valence-electron chi connectivity index (χ2n) is 8.19. The average Bonchev–Trinajstić information content (AvgIpc) is 3.28. The van der Waals surface area contributed by atoms with E-state index in [0.29, 0.717) is 25.1 Å². The van der Waals surface area contributed by atoms with Crippen LogP contribution in [0.4, 0.5) is 0 Å². The lowest BCUT2D eigenvalue weighted by molar-refractivity contribution is -0.131. The summed E-state index contributed by atoms with van der Waals surface area (Å²) in [4.78, 5) is 34.0. The highest BCUT2D eigenvalue weighted by Crippen LogP contribution is 2.25. The average molecular weight is 403 g/mol. The molecule has 4 heterocycles. The number of carbonyl (C=O) groups excluding carboxylic acids is 2. The van der Waals surface area contributed by atoms with E-state index in [-0.39, 0.29) is 11.8 Å². The Kier molecular flexibility index (Phi) is 4.94. The summed E-state index contributed by atoms with van der Waals surface area (Å²) in [5.74, 6) is 0.154. The molecular formula is C23H25N5O2. The van der Waals surface area contributed by atoms with Crippen molar-refractivity contribution in [2.75, 3.05) is 19.6 Å². The number of aromatic amines is 1. The number of nitrogens with one attached hydrogen (secondary N) is 1. The SMILES string of the molecule is O=C(Cc1cccc(C(=O)N2CCCCC2)c1)N1CCc2c(cnc3[nH]ncc23)C1. The van der Waals surface area contributed by atoms with Gasteiger partial charge in [-0.15, -0.1) is 0 Å². The second kappa shape index (κ2) is 7.89. The third-order valence-corrected chi connectivity index (χ3v) is 6.20. The number of pyridine rings is 1. The van der Waals surface area contributed by atoms with E-state index < -0.39 is 0 Å². The van der Waals surface area contributed by atoms with Crippen LogP contribution >= 0.6 is 0 Å². The molecular weight excluding hydrogens is 378 g/mol. The fourth-order valence-corrected chi connectivity index (χ4v) is 4.55. The summed E-state index contributed by atoms with van der Waals surface area (Å²) in [5.41, 5.74) is 4.67. The van der Waals surface area contributed by atoms with Gasteiger partial charge >= 0.3 is 0 Å². The van der Waals surface area contributed by atoms with Gasteiger partial charge in [0.05, 0.1) is 12.6 Å². The van der Waals surface area contributed by atoms with Crippen molar-refractivity contribution in [3.05, 3.63) is 58.9 Å². The molecule has 3 aromatic rings. The van der Waals surface area contributed by atoms with Gasteiger partial charge in [0.2, 0.25) is 5.91 Å². The molecule has 154 valence electrons. The van der Waals surface area contributed by atoms with E-state index in [4.69, 9.17) is 0 Å². The summed E-state index contributed by atoms with van der Waals surface area (Å²) in [6, 6.07) is 7.54. The number of hydrogen-bond donors (Lipinski definition) is 1. The van der Waals surface area contributed by atoms with Crippen LogP contribution in [0, 0.1) is 0 Å². The van der Waals surface area contributed by atoms with Crippen LogP contribution < -0.4 is 0 Å². The number of piperidine rings is 1. The Bertz CT molecular complexity index is 1100. The van der Waals surface area contributed by atoms with Crippen LogP contribution in [-0.4, -0.2) is 56.4 Å². The van der Waals surface area contributed by atoms with Crippen molar-refractivity contribution >= 4 is 22.8 Å². The third kappa shape index (κ3) is 3.56. The first-order valence-electron chi connectivity index (χ1n) is 10.6. The van der Waals surface area contributed by atoms with Gasteiger partial charge in [0.15, 0.2) is 5.65 Å². The van der Waals surface area contributed by atoms with Crippen LogP contribution in [0.15, 0.2) is 36.7 Å². The number of likely N-dealkylation sites (tertiary alicyclic amines) is 1. The number of benzene rings is 1. The van der Waals surface area contributed by atoms with Crippen molar-refractivity contribution in [3.63, 3.8) is 0 Å². The van der Waals surface area contributed by atoms with E-state index in [0.717, 1.165) is 54.5 Å². The predicted molar refractivity (Wildman–Crippen MR) is 113 cm³/mol. The molecule has 0 bridgehead atoms. The molecule has 2 aliphatic rings.